The number of hydrogen-bond acceptors (Lipinski definition) is 6. The van der Waals surface area contributed by atoms with Gasteiger partial charge >= 0.3 is 5.97 Å². The zero-order chi connectivity index (χ0) is 14.4. The molecule has 0 amide bonds. The summed E-state index contributed by atoms with van der Waals surface area (Å²) in [6, 6.07) is 9.59. The molecule has 2 N–H and O–H groups in total. The molecule has 0 spiro atoms. The Morgan fingerprint density at radius 2 is 2.15 bits per heavy atom. The Balaban J connectivity index is 1.92. The summed E-state index contributed by atoms with van der Waals surface area (Å²) in [7, 11) is 0. The lowest BCUT2D eigenvalue weighted by molar-refractivity contribution is 0.0508. The fourth-order valence-electron chi connectivity index (χ4n) is 1.75. The summed E-state index contributed by atoms with van der Waals surface area (Å²) < 4.78 is 9.78. The van der Waals surface area contributed by atoms with Gasteiger partial charge in [0, 0.05) is 0 Å². The van der Waals surface area contributed by atoms with E-state index in [1.807, 2.05) is 30.3 Å². The Morgan fingerprint density at radius 3 is 2.85 bits per heavy atom. The lowest BCUT2D eigenvalue weighted by atomic mass is 10.1. The number of nitrogens with zero attached hydrogens (tertiary/aromatic N) is 2. The first-order valence-corrected chi connectivity index (χ1v) is 6.51. The van der Waals surface area contributed by atoms with Crippen LogP contribution in [0.5, 0.6) is 0 Å². The second kappa shape index (κ2) is 6.81. The zero-order valence-electron chi connectivity index (χ0n) is 11.3. The van der Waals surface area contributed by atoms with E-state index in [0.29, 0.717) is 6.42 Å². The predicted octanol–water partition coefficient (Wildman–Crippen LogP) is 1.88. The third-order valence-corrected chi connectivity index (χ3v) is 2.80. The average Bonchev–Trinajstić information content (AvgIpc) is 2.96. The highest BCUT2D eigenvalue weighted by Crippen LogP contribution is 2.15. The Bertz CT molecular complexity index is 554. The van der Waals surface area contributed by atoms with E-state index in [2.05, 4.69) is 10.1 Å². The van der Waals surface area contributed by atoms with E-state index in [4.69, 9.17) is 15.0 Å². The molecule has 2 rings (SSSR count). The highest BCUT2D eigenvalue weighted by atomic mass is 16.5. The van der Waals surface area contributed by atoms with Crippen LogP contribution in [-0.4, -0.2) is 22.7 Å². The largest absolute Gasteiger partial charge is 0.460 e. The Morgan fingerprint density at radius 1 is 1.40 bits per heavy atom. The van der Waals surface area contributed by atoms with E-state index in [9.17, 15) is 4.79 Å². The van der Waals surface area contributed by atoms with E-state index in [0.717, 1.165) is 6.42 Å². The molecule has 1 aromatic carbocycles. The molecule has 6 nitrogen and oxygen atoms in total. The monoisotopic (exact) mass is 275 g/mol. The molecule has 1 heterocycles. The first-order valence-electron chi connectivity index (χ1n) is 6.51. The lowest BCUT2D eigenvalue weighted by Crippen LogP contribution is -2.13. The number of carbonyl (C=O) groups is 1. The van der Waals surface area contributed by atoms with Gasteiger partial charge in [-0.05, 0) is 30.5 Å². The van der Waals surface area contributed by atoms with Crippen molar-refractivity contribution in [2.45, 2.75) is 25.8 Å². The van der Waals surface area contributed by atoms with Gasteiger partial charge in [0.15, 0.2) is 0 Å². The van der Waals surface area contributed by atoms with Crippen LogP contribution in [0.25, 0.3) is 0 Å². The Labute approximate surface area is 116 Å². The van der Waals surface area contributed by atoms with Crippen LogP contribution in [0.2, 0.25) is 0 Å². The second-order valence-electron chi connectivity index (χ2n) is 4.31. The van der Waals surface area contributed by atoms with Gasteiger partial charge in [0.1, 0.15) is 0 Å². The van der Waals surface area contributed by atoms with E-state index in [1.54, 1.807) is 6.92 Å². The van der Waals surface area contributed by atoms with E-state index < -0.39 is 12.0 Å². The first-order chi connectivity index (χ1) is 9.70. The molecule has 0 radical (unpaired) electrons. The molecule has 106 valence electrons. The molecule has 0 aliphatic carbocycles. The van der Waals surface area contributed by atoms with Crippen LogP contribution >= 0.6 is 0 Å². The summed E-state index contributed by atoms with van der Waals surface area (Å²) in [6.45, 7) is 1.98. The van der Waals surface area contributed by atoms with Crippen molar-refractivity contribution in [3.05, 3.63) is 47.6 Å². The first kappa shape index (κ1) is 14.2. The van der Waals surface area contributed by atoms with Crippen molar-refractivity contribution in [1.29, 1.82) is 0 Å². The number of carbonyl (C=O) groups excluding carboxylic acids is 1. The van der Waals surface area contributed by atoms with Crippen LogP contribution in [0.3, 0.4) is 0 Å². The van der Waals surface area contributed by atoms with Crippen molar-refractivity contribution in [1.82, 2.24) is 10.1 Å². The molecule has 1 atom stereocenters. The molecule has 0 bridgehead atoms. The van der Waals surface area contributed by atoms with Gasteiger partial charge < -0.3 is 15.0 Å². The third-order valence-electron chi connectivity index (χ3n) is 2.80. The van der Waals surface area contributed by atoms with Crippen molar-refractivity contribution >= 4 is 5.97 Å². The predicted molar refractivity (Wildman–Crippen MR) is 71.9 cm³/mol. The highest BCUT2D eigenvalue weighted by molar-refractivity contribution is 5.84. The van der Waals surface area contributed by atoms with Crippen LogP contribution in [0.15, 0.2) is 34.9 Å². The van der Waals surface area contributed by atoms with E-state index in [-0.39, 0.29) is 18.3 Å². The maximum atomic E-state index is 11.4. The highest BCUT2D eigenvalue weighted by Gasteiger charge is 2.19. The fourth-order valence-corrected chi connectivity index (χ4v) is 1.75. The summed E-state index contributed by atoms with van der Waals surface area (Å²) in [5.74, 6) is -0.432. The van der Waals surface area contributed by atoms with Gasteiger partial charge in [0.05, 0.1) is 12.6 Å². The number of benzene rings is 1. The minimum absolute atomic E-state index is 0.0861. The normalized spacial score (nSPS) is 12.1. The van der Waals surface area contributed by atoms with Gasteiger partial charge in [0.2, 0.25) is 5.89 Å². The minimum atomic E-state index is -0.599. The van der Waals surface area contributed by atoms with Gasteiger partial charge in [-0.25, -0.2) is 4.79 Å². The number of ether oxygens (including phenoxy) is 1. The fraction of sp³-hybridized carbons (Fsp3) is 0.357. The van der Waals surface area contributed by atoms with E-state index in [1.165, 1.54) is 5.56 Å². The number of hydrogen-bond donors (Lipinski definition) is 1. The van der Waals surface area contributed by atoms with Gasteiger partial charge in [-0.2, -0.15) is 4.98 Å². The lowest BCUT2D eigenvalue weighted by Gasteiger charge is -2.06. The standard InChI is InChI=1S/C14H17N3O3/c1-2-19-14(18)12-16-13(20-17-12)11(15)9-8-10-6-4-3-5-7-10/h3-7,11H,2,8-9,15H2,1H3/t11-/m0/s1. The molecular weight excluding hydrogens is 258 g/mol. The summed E-state index contributed by atoms with van der Waals surface area (Å²) in [5, 5.41) is 3.57. The maximum absolute atomic E-state index is 11.4. The summed E-state index contributed by atoms with van der Waals surface area (Å²) in [5.41, 5.74) is 7.17. The molecule has 0 aliphatic rings. The van der Waals surface area contributed by atoms with Crippen molar-refractivity contribution in [2.75, 3.05) is 6.61 Å². The van der Waals surface area contributed by atoms with Crippen molar-refractivity contribution < 1.29 is 14.1 Å². The molecule has 0 fully saturated rings. The maximum Gasteiger partial charge on any atom is 0.379 e. The van der Waals surface area contributed by atoms with Gasteiger partial charge in [-0.15, -0.1) is 0 Å². The smallest absolute Gasteiger partial charge is 0.379 e. The van der Waals surface area contributed by atoms with Crippen LogP contribution in [-0.2, 0) is 11.2 Å². The number of rotatable bonds is 6. The molecule has 0 saturated carbocycles. The number of aryl methyl sites for hydroxylation is 1. The SMILES string of the molecule is CCOC(=O)c1noc([C@@H](N)CCc2ccccc2)n1. The van der Waals surface area contributed by atoms with Gasteiger partial charge in [0.25, 0.3) is 5.82 Å². The number of nitrogens with two attached hydrogens (primary N) is 1. The topological polar surface area (TPSA) is 91.2 Å². The van der Waals surface area contributed by atoms with Crippen molar-refractivity contribution in [3.63, 3.8) is 0 Å². The van der Waals surface area contributed by atoms with Crippen LogP contribution in [0.1, 0.15) is 41.5 Å². The number of esters is 1. The second-order valence-corrected chi connectivity index (χ2v) is 4.31. The molecule has 6 heteroatoms. The average molecular weight is 275 g/mol. The number of aromatic nitrogens is 2. The van der Waals surface area contributed by atoms with Crippen molar-refractivity contribution in [3.8, 4) is 0 Å². The van der Waals surface area contributed by atoms with Crippen molar-refractivity contribution in [2.24, 2.45) is 5.73 Å². The Kier molecular flexibility index (Phi) is 4.84. The third kappa shape index (κ3) is 3.64. The minimum Gasteiger partial charge on any atom is -0.460 e. The quantitative estimate of drug-likeness (QED) is 0.809. The molecular formula is C14H17N3O3. The van der Waals surface area contributed by atoms with E-state index >= 15 is 0 Å². The molecule has 20 heavy (non-hydrogen) atoms. The van der Waals surface area contributed by atoms with Gasteiger partial charge in [-0.3, -0.25) is 0 Å². The molecule has 2 aromatic rings. The summed E-state index contributed by atoms with van der Waals surface area (Å²) in [4.78, 5) is 15.4. The van der Waals surface area contributed by atoms with Crippen LogP contribution in [0, 0.1) is 0 Å². The van der Waals surface area contributed by atoms with Crippen LogP contribution < -0.4 is 5.73 Å². The summed E-state index contributed by atoms with van der Waals surface area (Å²) in [6.07, 6.45) is 1.47. The summed E-state index contributed by atoms with van der Waals surface area (Å²) >= 11 is 0. The Hall–Kier alpha value is -2.21. The molecule has 0 unspecified atom stereocenters. The molecule has 0 aliphatic heterocycles. The zero-order valence-corrected chi connectivity index (χ0v) is 11.3. The molecule has 1 aromatic heterocycles. The molecule has 0 saturated heterocycles. The van der Waals surface area contributed by atoms with Crippen LogP contribution in [0.4, 0.5) is 0 Å². The van der Waals surface area contributed by atoms with Gasteiger partial charge in [-0.1, -0.05) is 30.3 Å².